The lowest BCUT2D eigenvalue weighted by Crippen LogP contribution is -2.40. The summed E-state index contributed by atoms with van der Waals surface area (Å²) >= 11 is 0. The van der Waals surface area contributed by atoms with Crippen molar-refractivity contribution in [3.63, 3.8) is 0 Å². The molecule has 0 atom stereocenters. The molecular weight excluding hydrogens is 372 g/mol. The molecule has 3 aromatic carbocycles. The van der Waals surface area contributed by atoms with Crippen molar-refractivity contribution in [2.24, 2.45) is 5.92 Å². The Kier molecular flexibility index (Phi) is 5.94. The van der Waals surface area contributed by atoms with Gasteiger partial charge in [0.1, 0.15) is 0 Å². The van der Waals surface area contributed by atoms with Crippen LogP contribution in [-0.4, -0.2) is 36.7 Å². The number of rotatable bonds is 5. The minimum Gasteiger partial charge on any atom is -0.344 e. The molecule has 0 saturated carbocycles. The molecule has 1 aliphatic heterocycles. The first-order valence-electron chi connectivity index (χ1n) is 10.4. The lowest BCUT2D eigenvalue weighted by molar-refractivity contribution is 0.0651. The van der Waals surface area contributed by atoms with Gasteiger partial charge in [-0.15, -0.1) is 0 Å². The van der Waals surface area contributed by atoms with Gasteiger partial charge in [0.2, 0.25) is 0 Å². The molecule has 0 radical (unpaired) electrons. The molecule has 1 saturated heterocycles. The second-order valence-corrected chi connectivity index (χ2v) is 7.71. The first-order valence-corrected chi connectivity index (χ1v) is 10.4. The average Bonchev–Trinajstić information content (AvgIpc) is 2.84. The van der Waals surface area contributed by atoms with Crippen molar-refractivity contribution >= 4 is 23.1 Å². The fourth-order valence-corrected chi connectivity index (χ4v) is 4.09. The largest absolute Gasteiger partial charge is 0.344 e. The summed E-state index contributed by atoms with van der Waals surface area (Å²) in [6, 6.07) is 27.2. The van der Waals surface area contributed by atoms with Gasteiger partial charge in [0.05, 0.1) is 11.3 Å². The van der Waals surface area contributed by atoms with Crippen LogP contribution < -0.4 is 4.90 Å². The average molecular weight is 399 g/mol. The quantitative estimate of drug-likeness (QED) is 0.556. The number of amides is 1. The number of carbonyl (C=O) groups excluding carboxylic acids is 2. The van der Waals surface area contributed by atoms with Crippen molar-refractivity contribution in [1.82, 2.24) is 4.90 Å². The van der Waals surface area contributed by atoms with Crippen molar-refractivity contribution in [2.75, 3.05) is 25.0 Å². The highest BCUT2D eigenvalue weighted by atomic mass is 16.2. The van der Waals surface area contributed by atoms with Crippen LogP contribution in [0.5, 0.6) is 0 Å². The number of hydrogen-bond donors (Lipinski definition) is 0. The van der Waals surface area contributed by atoms with E-state index < -0.39 is 0 Å². The lowest BCUT2D eigenvalue weighted by atomic mass is 9.88. The topological polar surface area (TPSA) is 40.6 Å². The van der Waals surface area contributed by atoms with E-state index in [2.05, 4.69) is 0 Å². The van der Waals surface area contributed by atoms with Crippen LogP contribution in [0.25, 0.3) is 0 Å². The number of para-hydroxylation sites is 2. The van der Waals surface area contributed by atoms with Gasteiger partial charge in [0.25, 0.3) is 5.91 Å². The minimum absolute atomic E-state index is 0.0151. The van der Waals surface area contributed by atoms with Gasteiger partial charge in [-0.05, 0) is 37.1 Å². The highest BCUT2D eigenvalue weighted by Gasteiger charge is 2.29. The molecule has 0 unspecified atom stereocenters. The van der Waals surface area contributed by atoms with Crippen LogP contribution in [0.4, 0.5) is 11.4 Å². The maximum absolute atomic E-state index is 13.3. The molecule has 152 valence electrons. The monoisotopic (exact) mass is 398 g/mol. The summed E-state index contributed by atoms with van der Waals surface area (Å²) in [5.41, 5.74) is 3.37. The van der Waals surface area contributed by atoms with Gasteiger partial charge in [-0.1, -0.05) is 60.7 Å². The Labute approximate surface area is 177 Å². The molecule has 30 heavy (non-hydrogen) atoms. The third-order valence-corrected chi connectivity index (χ3v) is 5.85. The first kappa shape index (κ1) is 19.9. The summed E-state index contributed by atoms with van der Waals surface area (Å²) < 4.78 is 0. The van der Waals surface area contributed by atoms with Crippen molar-refractivity contribution < 1.29 is 9.59 Å². The molecule has 1 amide bonds. The van der Waals surface area contributed by atoms with Crippen LogP contribution in [0.3, 0.4) is 0 Å². The summed E-state index contributed by atoms with van der Waals surface area (Å²) in [6.07, 6.45) is 1.41. The molecule has 1 fully saturated rings. The zero-order chi connectivity index (χ0) is 20.9. The Bertz CT molecular complexity index is 1010. The number of ketones is 1. The van der Waals surface area contributed by atoms with Gasteiger partial charge < -0.3 is 9.80 Å². The Morgan fingerprint density at radius 2 is 1.37 bits per heavy atom. The molecule has 1 heterocycles. The van der Waals surface area contributed by atoms with Gasteiger partial charge >= 0.3 is 0 Å². The zero-order valence-electron chi connectivity index (χ0n) is 17.2. The Balaban J connectivity index is 1.47. The Morgan fingerprint density at radius 3 is 2.03 bits per heavy atom. The van der Waals surface area contributed by atoms with E-state index in [1.165, 1.54) is 0 Å². The van der Waals surface area contributed by atoms with E-state index in [9.17, 15) is 9.59 Å². The van der Waals surface area contributed by atoms with Crippen molar-refractivity contribution in [3.8, 4) is 0 Å². The second kappa shape index (κ2) is 8.95. The minimum atomic E-state index is -0.0151. The van der Waals surface area contributed by atoms with Crippen LogP contribution in [0.1, 0.15) is 33.6 Å². The summed E-state index contributed by atoms with van der Waals surface area (Å²) in [5, 5.41) is 0. The van der Waals surface area contributed by atoms with Crippen LogP contribution in [0.15, 0.2) is 84.9 Å². The fourth-order valence-electron chi connectivity index (χ4n) is 4.09. The van der Waals surface area contributed by atoms with Gasteiger partial charge in [-0.25, -0.2) is 0 Å². The molecule has 0 bridgehead atoms. The van der Waals surface area contributed by atoms with E-state index in [0.29, 0.717) is 31.5 Å². The highest BCUT2D eigenvalue weighted by molar-refractivity contribution is 6.01. The van der Waals surface area contributed by atoms with E-state index in [0.717, 1.165) is 16.9 Å². The van der Waals surface area contributed by atoms with E-state index in [-0.39, 0.29) is 17.6 Å². The number of piperidine rings is 1. The van der Waals surface area contributed by atoms with Gasteiger partial charge in [0.15, 0.2) is 5.78 Å². The maximum Gasteiger partial charge on any atom is 0.255 e. The van der Waals surface area contributed by atoms with E-state index in [1.54, 1.807) is 0 Å². The number of likely N-dealkylation sites (tertiary alicyclic amines) is 1. The van der Waals surface area contributed by atoms with Crippen LogP contribution in [-0.2, 0) is 0 Å². The van der Waals surface area contributed by atoms with Gasteiger partial charge in [0, 0.05) is 37.3 Å². The number of Topliss-reactive ketones (excluding diaryl/α,β-unsaturated/α-hetero) is 1. The molecule has 0 spiro atoms. The van der Waals surface area contributed by atoms with Crippen LogP contribution >= 0.6 is 0 Å². The second-order valence-electron chi connectivity index (χ2n) is 7.71. The Hall–Kier alpha value is -3.40. The lowest BCUT2D eigenvalue weighted by Gasteiger charge is -2.32. The first-order chi connectivity index (χ1) is 14.6. The molecule has 0 aromatic heterocycles. The van der Waals surface area contributed by atoms with Gasteiger partial charge in [-0.2, -0.15) is 0 Å². The number of carbonyl (C=O) groups is 2. The van der Waals surface area contributed by atoms with Crippen molar-refractivity contribution in [1.29, 1.82) is 0 Å². The van der Waals surface area contributed by atoms with E-state index >= 15 is 0 Å². The van der Waals surface area contributed by atoms with Crippen LogP contribution in [0.2, 0.25) is 0 Å². The van der Waals surface area contributed by atoms with E-state index in [4.69, 9.17) is 0 Å². The molecular formula is C26H26N2O2. The number of nitrogens with zero attached hydrogens (tertiary/aromatic N) is 2. The molecule has 4 rings (SSSR count). The van der Waals surface area contributed by atoms with Crippen LogP contribution in [0, 0.1) is 5.92 Å². The highest BCUT2D eigenvalue weighted by Crippen LogP contribution is 2.29. The standard InChI is InChI=1S/C26H26N2O2/c1-27(22-12-6-3-7-13-22)24-15-9-8-14-23(24)26(30)28-18-16-21(17-19-28)25(29)20-10-4-2-5-11-20/h2-15,21H,16-19H2,1H3. The molecule has 0 N–H and O–H groups in total. The normalized spacial score (nSPS) is 14.4. The molecule has 1 aliphatic rings. The predicted octanol–water partition coefficient (Wildman–Crippen LogP) is 5.19. The summed E-state index contributed by atoms with van der Waals surface area (Å²) in [5.74, 6) is 0.199. The third kappa shape index (κ3) is 4.13. The SMILES string of the molecule is CN(c1ccccc1)c1ccccc1C(=O)N1CCC(C(=O)c2ccccc2)CC1. The smallest absolute Gasteiger partial charge is 0.255 e. The van der Waals surface area contributed by atoms with Gasteiger partial charge in [-0.3, -0.25) is 9.59 Å². The number of anilines is 2. The summed E-state index contributed by atoms with van der Waals surface area (Å²) in [6.45, 7) is 1.21. The molecule has 4 heteroatoms. The van der Waals surface area contributed by atoms with Crippen molar-refractivity contribution in [3.05, 3.63) is 96.1 Å². The fraction of sp³-hybridized carbons (Fsp3) is 0.231. The third-order valence-electron chi connectivity index (χ3n) is 5.85. The Morgan fingerprint density at radius 1 is 0.800 bits per heavy atom. The maximum atomic E-state index is 13.3. The number of benzene rings is 3. The summed E-state index contributed by atoms with van der Waals surface area (Å²) in [7, 11) is 1.98. The van der Waals surface area contributed by atoms with E-state index in [1.807, 2.05) is 102 Å². The van der Waals surface area contributed by atoms with Crippen molar-refractivity contribution in [2.45, 2.75) is 12.8 Å². The zero-order valence-corrected chi connectivity index (χ0v) is 17.2. The predicted molar refractivity (Wildman–Crippen MR) is 120 cm³/mol. The molecule has 3 aromatic rings. The summed E-state index contributed by atoms with van der Waals surface area (Å²) in [4.78, 5) is 30.0. The molecule has 0 aliphatic carbocycles. The molecule has 4 nitrogen and oxygen atoms in total. The number of hydrogen-bond acceptors (Lipinski definition) is 3.